The molecule has 0 radical (unpaired) electrons. The second-order valence-corrected chi connectivity index (χ2v) is 3.96. The minimum atomic E-state index is 0.0176. The van der Waals surface area contributed by atoms with Crippen LogP contribution < -0.4 is 0 Å². The molecule has 1 aromatic heterocycles. The summed E-state index contributed by atoms with van der Waals surface area (Å²) in [6, 6.07) is 7.51. The Hall–Kier alpha value is -1.32. The average Bonchev–Trinajstić information content (AvgIpc) is 2.71. The Morgan fingerprint density at radius 3 is 2.88 bits per heavy atom. The van der Waals surface area contributed by atoms with Crippen LogP contribution in [0, 0.1) is 0 Å². The Labute approximate surface area is 99.3 Å². The van der Waals surface area contributed by atoms with Gasteiger partial charge in [0.1, 0.15) is 0 Å². The van der Waals surface area contributed by atoms with Crippen molar-refractivity contribution in [2.24, 2.45) is 0 Å². The number of halogens is 1. The molecule has 4 heteroatoms. The number of rotatable bonds is 3. The summed E-state index contributed by atoms with van der Waals surface area (Å²) in [5, 5.41) is 14.1. The van der Waals surface area contributed by atoms with Crippen molar-refractivity contribution in [3.63, 3.8) is 0 Å². The molecule has 3 nitrogen and oxygen atoms in total. The fourth-order valence-corrected chi connectivity index (χ4v) is 1.93. The van der Waals surface area contributed by atoms with Crippen molar-refractivity contribution in [1.29, 1.82) is 0 Å². The summed E-state index contributed by atoms with van der Waals surface area (Å²) in [7, 11) is 0. The van der Waals surface area contributed by atoms with E-state index in [1.54, 1.807) is 6.20 Å². The van der Waals surface area contributed by atoms with Gasteiger partial charge in [0, 0.05) is 16.3 Å². The van der Waals surface area contributed by atoms with Gasteiger partial charge in [-0.25, -0.2) is 4.68 Å². The molecular formula is C12H13ClN2O. The first-order valence-electron chi connectivity index (χ1n) is 5.18. The van der Waals surface area contributed by atoms with Gasteiger partial charge >= 0.3 is 0 Å². The molecule has 0 unspecified atom stereocenters. The minimum Gasteiger partial charge on any atom is -0.392 e. The first-order chi connectivity index (χ1) is 7.76. The molecule has 16 heavy (non-hydrogen) atoms. The van der Waals surface area contributed by atoms with Crippen LogP contribution >= 0.6 is 11.6 Å². The Morgan fingerprint density at radius 2 is 2.25 bits per heavy atom. The molecule has 2 aromatic rings. The highest BCUT2D eigenvalue weighted by atomic mass is 35.5. The normalized spacial score (nSPS) is 10.7. The molecule has 0 fully saturated rings. The summed E-state index contributed by atoms with van der Waals surface area (Å²) in [5.74, 6) is 0. The standard InChI is InChI=1S/C12H13ClN2O/c1-2-12-9(8-16)7-14-15(12)11-5-3-4-10(13)6-11/h3-7,16H,2,8H2,1H3. The molecule has 0 aliphatic rings. The van der Waals surface area contributed by atoms with Gasteiger partial charge in [0.05, 0.1) is 18.5 Å². The first-order valence-corrected chi connectivity index (χ1v) is 5.56. The predicted molar refractivity (Wildman–Crippen MR) is 63.9 cm³/mol. The lowest BCUT2D eigenvalue weighted by Crippen LogP contribution is -2.02. The van der Waals surface area contributed by atoms with Gasteiger partial charge in [-0.05, 0) is 24.6 Å². The van der Waals surface area contributed by atoms with Gasteiger partial charge in [-0.1, -0.05) is 24.6 Å². The number of hydrogen-bond donors (Lipinski definition) is 1. The van der Waals surface area contributed by atoms with Gasteiger partial charge in [-0.15, -0.1) is 0 Å². The monoisotopic (exact) mass is 236 g/mol. The van der Waals surface area contributed by atoms with E-state index in [0.29, 0.717) is 5.02 Å². The van der Waals surface area contributed by atoms with E-state index in [4.69, 9.17) is 11.6 Å². The smallest absolute Gasteiger partial charge is 0.0715 e. The molecule has 2 rings (SSSR count). The average molecular weight is 237 g/mol. The van der Waals surface area contributed by atoms with Crippen molar-refractivity contribution in [3.8, 4) is 5.69 Å². The van der Waals surface area contributed by atoms with Crippen molar-refractivity contribution in [3.05, 3.63) is 46.7 Å². The van der Waals surface area contributed by atoms with Crippen LogP contribution in [0.4, 0.5) is 0 Å². The van der Waals surface area contributed by atoms with Crippen LogP contribution in [0.15, 0.2) is 30.5 Å². The zero-order chi connectivity index (χ0) is 11.5. The van der Waals surface area contributed by atoms with E-state index in [1.807, 2.05) is 35.9 Å². The Kier molecular flexibility index (Phi) is 3.27. The fraction of sp³-hybridized carbons (Fsp3) is 0.250. The summed E-state index contributed by atoms with van der Waals surface area (Å²) in [6.07, 6.45) is 2.52. The number of aliphatic hydroxyl groups is 1. The first kappa shape index (κ1) is 11.2. The van der Waals surface area contributed by atoms with E-state index >= 15 is 0 Å². The number of hydrogen-bond acceptors (Lipinski definition) is 2. The van der Waals surface area contributed by atoms with Crippen LogP contribution in [0.3, 0.4) is 0 Å². The van der Waals surface area contributed by atoms with Crippen molar-refractivity contribution < 1.29 is 5.11 Å². The lowest BCUT2D eigenvalue weighted by Gasteiger charge is -2.07. The molecule has 0 bridgehead atoms. The highest BCUT2D eigenvalue weighted by molar-refractivity contribution is 6.30. The fourth-order valence-electron chi connectivity index (χ4n) is 1.75. The van der Waals surface area contributed by atoms with Gasteiger partial charge in [0.15, 0.2) is 0 Å². The maximum Gasteiger partial charge on any atom is 0.0715 e. The molecule has 0 aliphatic heterocycles. The number of aromatic nitrogens is 2. The third kappa shape index (κ3) is 1.96. The lowest BCUT2D eigenvalue weighted by atomic mass is 10.2. The van der Waals surface area contributed by atoms with Gasteiger partial charge in [0.2, 0.25) is 0 Å². The third-order valence-corrected chi connectivity index (χ3v) is 2.75. The third-order valence-electron chi connectivity index (χ3n) is 2.51. The predicted octanol–water partition coefficient (Wildman–Crippen LogP) is 2.58. The van der Waals surface area contributed by atoms with Crippen LogP contribution in [0.1, 0.15) is 18.2 Å². The molecule has 84 valence electrons. The van der Waals surface area contributed by atoms with E-state index in [2.05, 4.69) is 5.10 Å². The van der Waals surface area contributed by atoms with Gasteiger partial charge in [-0.2, -0.15) is 5.10 Å². The lowest BCUT2D eigenvalue weighted by molar-refractivity contribution is 0.280. The van der Waals surface area contributed by atoms with Crippen molar-refractivity contribution >= 4 is 11.6 Å². The largest absolute Gasteiger partial charge is 0.392 e. The van der Waals surface area contributed by atoms with Crippen molar-refractivity contribution in [2.75, 3.05) is 0 Å². The molecule has 0 saturated heterocycles. The highest BCUT2D eigenvalue weighted by Crippen LogP contribution is 2.18. The molecule has 1 heterocycles. The zero-order valence-corrected chi connectivity index (χ0v) is 9.78. The molecule has 0 atom stereocenters. The van der Waals surface area contributed by atoms with Crippen LogP contribution in [0.25, 0.3) is 5.69 Å². The molecule has 1 N–H and O–H groups in total. The molecular weight excluding hydrogens is 224 g/mol. The van der Waals surface area contributed by atoms with Gasteiger partial charge in [0.25, 0.3) is 0 Å². The van der Waals surface area contributed by atoms with E-state index in [-0.39, 0.29) is 6.61 Å². The van der Waals surface area contributed by atoms with E-state index in [9.17, 15) is 5.11 Å². The van der Waals surface area contributed by atoms with Crippen LogP contribution in [0.5, 0.6) is 0 Å². The van der Waals surface area contributed by atoms with Crippen molar-refractivity contribution in [2.45, 2.75) is 20.0 Å². The van der Waals surface area contributed by atoms with Crippen LogP contribution in [-0.2, 0) is 13.0 Å². The van der Waals surface area contributed by atoms with E-state index < -0.39 is 0 Å². The molecule has 0 aliphatic carbocycles. The summed E-state index contributed by atoms with van der Waals surface area (Å²) in [4.78, 5) is 0. The summed E-state index contributed by atoms with van der Waals surface area (Å²) < 4.78 is 1.82. The molecule has 0 saturated carbocycles. The topological polar surface area (TPSA) is 38.1 Å². The van der Waals surface area contributed by atoms with Crippen LogP contribution in [-0.4, -0.2) is 14.9 Å². The van der Waals surface area contributed by atoms with Crippen molar-refractivity contribution in [1.82, 2.24) is 9.78 Å². The number of nitrogens with zero attached hydrogens (tertiary/aromatic N) is 2. The SMILES string of the molecule is CCc1c(CO)cnn1-c1cccc(Cl)c1. The summed E-state index contributed by atoms with van der Waals surface area (Å²) in [6.45, 7) is 2.06. The number of aliphatic hydroxyl groups excluding tert-OH is 1. The van der Waals surface area contributed by atoms with Gasteiger partial charge in [-0.3, -0.25) is 0 Å². The second-order valence-electron chi connectivity index (χ2n) is 3.52. The van der Waals surface area contributed by atoms with E-state index in [1.165, 1.54) is 0 Å². The van der Waals surface area contributed by atoms with Crippen LogP contribution in [0.2, 0.25) is 5.02 Å². The molecule has 0 amide bonds. The quantitative estimate of drug-likeness (QED) is 0.890. The zero-order valence-electron chi connectivity index (χ0n) is 9.02. The minimum absolute atomic E-state index is 0.0176. The second kappa shape index (κ2) is 4.68. The Bertz CT molecular complexity index is 494. The molecule has 1 aromatic carbocycles. The maximum absolute atomic E-state index is 9.18. The van der Waals surface area contributed by atoms with E-state index in [0.717, 1.165) is 23.4 Å². The Morgan fingerprint density at radius 1 is 1.44 bits per heavy atom. The highest BCUT2D eigenvalue weighted by Gasteiger charge is 2.09. The number of benzene rings is 1. The maximum atomic E-state index is 9.18. The summed E-state index contributed by atoms with van der Waals surface area (Å²) in [5.41, 5.74) is 2.80. The molecule has 0 spiro atoms. The Balaban J connectivity index is 2.51. The van der Waals surface area contributed by atoms with Gasteiger partial charge < -0.3 is 5.11 Å². The summed E-state index contributed by atoms with van der Waals surface area (Å²) >= 11 is 5.94.